The van der Waals surface area contributed by atoms with Crippen LogP contribution in [0.5, 0.6) is 0 Å². The lowest BCUT2D eigenvalue weighted by molar-refractivity contribution is 0.624. The van der Waals surface area contributed by atoms with Crippen LogP contribution in [-0.4, -0.2) is 26.5 Å². The largest absolute Gasteiger partial charge is 0.369 e. The van der Waals surface area contributed by atoms with E-state index in [9.17, 15) is 4.79 Å². The van der Waals surface area contributed by atoms with Crippen LogP contribution >= 0.6 is 0 Å². The van der Waals surface area contributed by atoms with Crippen molar-refractivity contribution in [2.75, 3.05) is 12.3 Å². The van der Waals surface area contributed by atoms with Gasteiger partial charge in [-0.05, 0) is 25.3 Å². The fourth-order valence-electron chi connectivity index (χ4n) is 1.77. The number of aromatic amines is 2. The first kappa shape index (κ1) is 10.3. The van der Waals surface area contributed by atoms with Crippen LogP contribution in [0.3, 0.4) is 0 Å². The van der Waals surface area contributed by atoms with Crippen LogP contribution in [0.15, 0.2) is 4.79 Å². The first-order valence-corrected chi connectivity index (χ1v) is 5.67. The number of nitrogen functional groups attached to an aromatic ring is 1. The van der Waals surface area contributed by atoms with E-state index >= 15 is 0 Å². The molecule has 17 heavy (non-hydrogen) atoms. The van der Waals surface area contributed by atoms with E-state index < -0.39 is 0 Å². The average molecular weight is 234 g/mol. The van der Waals surface area contributed by atoms with Crippen LogP contribution in [0, 0.1) is 5.92 Å². The maximum Gasteiger partial charge on any atom is 0.278 e. The molecular formula is C10H14N6O. The summed E-state index contributed by atoms with van der Waals surface area (Å²) in [7, 11) is 0. The van der Waals surface area contributed by atoms with E-state index in [2.05, 4.69) is 25.3 Å². The number of nitrogens with two attached hydrogens (primary N) is 1. The molecule has 2 heterocycles. The van der Waals surface area contributed by atoms with Crippen LogP contribution in [0.2, 0.25) is 0 Å². The molecule has 90 valence electrons. The van der Waals surface area contributed by atoms with Crippen molar-refractivity contribution in [3.8, 4) is 0 Å². The normalized spacial score (nSPS) is 15.5. The summed E-state index contributed by atoms with van der Waals surface area (Å²) in [6.07, 6.45) is 2.62. The molecule has 0 aromatic carbocycles. The number of anilines is 1. The van der Waals surface area contributed by atoms with Gasteiger partial charge < -0.3 is 16.0 Å². The molecule has 2 aromatic heterocycles. The Morgan fingerprint density at radius 3 is 2.94 bits per heavy atom. The number of rotatable bonds is 4. The third-order valence-corrected chi connectivity index (χ3v) is 2.85. The predicted octanol–water partition coefficient (Wildman–Crippen LogP) is -0.272. The van der Waals surface area contributed by atoms with Gasteiger partial charge in [0.15, 0.2) is 11.2 Å². The number of nitrogens with one attached hydrogen (secondary N) is 3. The second-order valence-corrected chi connectivity index (χ2v) is 4.41. The van der Waals surface area contributed by atoms with Crippen LogP contribution in [-0.2, 0) is 6.54 Å². The maximum absolute atomic E-state index is 11.5. The van der Waals surface area contributed by atoms with Gasteiger partial charge in [0.05, 0.1) is 6.54 Å². The molecule has 0 bridgehead atoms. The Balaban J connectivity index is 1.80. The first-order valence-electron chi connectivity index (χ1n) is 5.67. The van der Waals surface area contributed by atoms with Gasteiger partial charge in [0.2, 0.25) is 5.95 Å². The van der Waals surface area contributed by atoms with Crippen LogP contribution in [0.1, 0.15) is 18.7 Å². The van der Waals surface area contributed by atoms with Gasteiger partial charge in [-0.2, -0.15) is 4.98 Å². The maximum atomic E-state index is 11.5. The molecular weight excluding hydrogens is 220 g/mol. The Hall–Kier alpha value is -1.89. The molecule has 3 rings (SSSR count). The molecule has 7 nitrogen and oxygen atoms in total. The fraction of sp³-hybridized carbons (Fsp3) is 0.500. The average Bonchev–Trinajstić information content (AvgIpc) is 2.98. The molecule has 0 radical (unpaired) electrons. The van der Waals surface area contributed by atoms with E-state index in [1.54, 1.807) is 0 Å². The lowest BCUT2D eigenvalue weighted by Gasteiger charge is -1.98. The van der Waals surface area contributed by atoms with E-state index in [-0.39, 0.29) is 11.5 Å². The highest BCUT2D eigenvalue weighted by Crippen LogP contribution is 2.27. The van der Waals surface area contributed by atoms with Gasteiger partial charge in [0.1, 0.15) is 5.82 Å². The van der Waals surface area contributed by atoms with Crippen molar-refractivity contribution in [3.05, 3.63) is 16.2 Å². The zero-order valence-corrected chi connectivity index (χ0v) is 9.29. The predicted molar refractivity (Wildman–Crippen MR) is 63.4 cm³/mol. The second-order valence-electron chi connectivity index (χ2n) is 4.41. The number of H-pyrrole nitrogens is 2. The van der Waals surface area contributed by atoms with Gasteiger partial charge in [-0.3, -0.25) is 9.78 Å². The number of aromatic nitrogens is 4. The van der Waals surface area contributed by atoms with Crippen LogP contribution < -0.4 is 16.6 Å². The fourth-order valence-corrected chi connectivity index (χ4v) is 1.77. The van der Waals surface area contributed by atoms with Gasteiger partial charge >= 0.3 is 0 Å². The molecule has 0 amide bonds. The lowest BCUT2D eigenvalue weighted by Crippen LogP contribution is -2.17. The zero-order valence-electron chi connectivity index (χ0n) is 9.29. The molecule has 1 aliphatic carbocycles. The summed E-state index contributed by atoms with van der Waals surface area (Å²) in [5, 5.41) is 3.29. The Kier molecular flexibility index (Phi) is 2.32. The van der Waals surface area contributed by atoms with Crippen molar-refractivity contribution in [3.63, 3.8) is 0 Å². The van der Waals surface area contributed by atoms with Crippen molar-refractivity contribution in [2.45, 2.75) is 19.4 Å². The Bertz CT molecular complexity index is 596. The summed E-state index contributed by atoms with van der Waals surface area (Å²) < 4.78 is 0. The third kappa shape index (κ3) is 2.14. The Morgan fingerprint density at radius 1 is 1.35 bits per heavy atom. The van der Waals surface area contributed by atoms with E-state index in [0.29, 0.717) is 23.5 Å². The molecule has 0 saturated heterocycles. The number of imidazole rings is 1. The molecule has 0 aliphatic heterocycles. The molecule has 2 aromatic rings. The lowest BCUT2D eigenvalue weighted by atomic mass is 10.4. The van der Waals surface area contributed by atoms with Gasteiger partial charge in [-0.15, -0.1) is 0 Å². The molecule has 7 heteroatoms. The monoisotopic (exact) mass is 234 g/mol. The van der Waals surface area contributed by atoms with E-state index in [1.807, 2.05) is 0 Å². The van der Waals surface area contributed by atoms with Crippen molar-refractivity contribution >= 4 is 17.1 Å². The zero-order chi connectivity index (χ0) is 11.8. The summed E-state index contributed by atoms with van der Waals surface area (Å²) in [5.41, 5.74) is 5.91. The summed E-state index contributed by atoms with van der Waals surface area (Å²) in [5.74, 6) is 1.62. The Labute approximate surface area is 96.9 Å². The number of fused-ring (bicyclic) bond motifs is 1. The van der Waals surface area contributed by atoms with Crippen molar-refractivity contribution in [2.24, 2.45) is 5.92 Å². The number of nitrogens with zero attached hydrogens (tertiary/aromatic N) is 2. The summed E-state index contributed by atoms with van der Waals surface area (Å²) >= 11 is 0. The molecule has 0 spiro atoms. The molecule has 0 atom stereocenters. The minimum atomic E-state index is -0.284. The number of hydrogen-bond donors (Lipinski definition) is 4. The van der Waals surface area contributed by atoms with Crippen LogP contribution in [0.25, 0.3) is 11.2 Å². The smallest absolute Gasteiger partial charge is 0.278 e. The van der Waals surface area contributed by atoms with Gasteiger partial charge in [0.25, 0.3) is 5.56 Å². The SMILES string of the molecule is Nc1nc2nc(CNCC3CC3)[nH]c2c(=O)[nH]1. The van der Waals surface area contributed by atoms with Gasteiger partial charge in [-0.25, -0.2) is 4.98 Å². The highest BCUT2D eigenvalue weighted by atomic mass is 16.1. The molecule has 1 fully saturated rings. The van der Waals surface area contributed by atoms with Crippen LogP contribution in [0.4, 0.5) is 5.95 Å². The highest BCUT2D eigenvalue weighted by Gasteiger charge is 2.20. The Morgan fingerprint density at radius 2 is 2.18 bits per heavy atom. The van der Waals surface area contributed by atoms with E-state index in [0.717, 1.165) is 12.5 Å². The van der Waals surface area contributed by atoms with Gasteiger partial charge in [0, 0.05) is 0 Å². The molecule has 1 aliphatic rings. The van der Waals surface area contributed by atoms with Gasteiger partial charge in [-0.1, -0.05) is 0 Å². The number of hydrogen-bond acceptors (Lipinski definition) is 5. The van der Waals surface area contributed by atoms with Crippen molar-refractivity contribution < 1.29 is 0 Å². The molecule has 1 saturated carbocycles. The highest BCUT2D eigenvalue weighted by molar-refractivity contribution is 5.70. The molecule has 0 unspecified atom stereocenters. The topological polar surface area (TPSA) is 112 Å². The van der Waals surface area contributed by atoms with E-state index in [1.165, 1.54) is 12.8 Å². The summed E-state index contributed by atoms with van der Waals surface area (Å²) in [6.45, 7) is 1.62. The van der Waals surface area contributed by atoms with E-state index in [4.69, 9.17) is 5.73 Å². The second kappa shape index (κ2) is 3.85. The van der Waals surface area contributed by atoms with Crippen molar-refractivity contribution in [1.82, 2.24) is 25.3 Å². The quantitative estimate of drug-likeness (QED) is 0.581. The summed E-state index contributed by atoms with van der Waals surface area (Å²) in [6, 6.07) is 0. The summed E-state index contributed by atoms with van der Waals surface area (Å²) in [4.78, 5) is 25.1. The third-order valence-electron chi connectivity index (χ3n) is 2.85. The standard InChI is InChI=1S/C10H14N6O/c11-10-15-8-7(9(17)16-10)13-6(14-8)4-12-3-5-1-2-5/h5,12H,1-4H2,(H4,11,13,14,15,16,17). The van der Waals surface area contributed by atoms with Crippen molar-refractivity contribution in [1.29, 1.82) is 0 Å². The first-order chi connectivity index (χ1) is 8.22. The molecule has 5 N–H and O–H groups in total. The minimum absolute atomic E-state index is 0.0893. The minimum Gasteiger partial charge on any atom is -0.369 e.